The number of fused-ring (bicyclic) bond motifs is 1. The Morgan fingerprint density at radius 2 is 2.25 bits per heavy atom. The van der Waals surface area contributed by atoms with Crippen molar-refractivity contribution in [2.75, 3.05) is 13.7 Å². The van der Waals surface area contributed by atoms with E-state index < -0.39 is 6.10 Å². The highest BCUT2D eigenvalue weighted by molar-refractivity contribution is 5.82. The normalized spacial score (nSPS) is 12.9. The Labute approximate surface area is 94.0 Å². The molecule has 1 aromatic heterocycles. The molecule has 0 aliphatic rings. The van der Waals surface area contributed by atoms with E-state index >= 15 is 0 Å². The van der Waals surface area contributed by atoms with Gasteiger partial charge in [0.2, 0.25) is 0 Å². The maximum absolute atomic E-state index is 9.81. The highest BCUT2D eigenvalue weighted by Crippen LogP contribution is 2.25. The van der Waals surface area contributed by atoms with E-state index in [1.54, 1.807) is 7.11 Å². The first-order chi connectivity index (χ1) is 7.74. The third kappa shape index (κ3) is 2.03. The van der Waals surface area contributed by atoms with Gasteiger partial charge in [-0.1, -0.05) is 0 Å². The van der Waals surface area contributed by atoms with Gasteiger partial charge in [0.25, 0.3) is 0 Å². The molecular formula is C12H16N2O2. The second-order valence-corrected chi connectivity index (χ2v) is 3.77. The van der Waals surface area contributed by atoms with Gasteiger partial charge in [-0.15, -0.1) is 0 Å². The van der Waals surface area contributed by atoms with Crippen LogP contribution in [0.1, 0.15) is 18.2 Å². The lowest BCUT2D eigenvalue weighted by Gasteiger charge is -2.05. The number of hydrogen-bond donors (Lipinski definition) is 3. The van der Waals surface area contributed by atoms with Gasteiger partial charge in [0.15, 0.2) is 0 Å². The van der Waals surface area contributed by atoms with Crippen LogP contribution < -0.4 is 10.5 Å². The molecule has 0 bridgehead atoms. The summed E-state index contributed by atoms with van der Waals surface area (Å²) in [6.45, 7) is 0.472. The Balaban J connectivity index is 2.35. The van der Waals surface area contributed by atoms with Crippen molar-refractivity contribution in [3.05, 3.63) is 30.0 Å². The number of H-pyrrole nitrogens is 1. The lowest BCUT2D eigenvalue weighted by Crippen LogP contribution is -2.06. The minimum absolute atomic E-state index is 0.472. The average molecular weight is 220 g/mol. The topological polar surface area (TPSA) is 71.3 Å². The van der Waals surface area contributed by atoms with Gasteiger partial charge in [0.05, 0.1) is 13.2 Å². The lowest BCUT2D eigenvalue weighted by atomic mass is 10.2. The second kappa shape index (κ2) is 4.55. The summed E-state index contributed by atoms with van der Waals surface area (Å²) in [4.78, 5) is 3.17. The molecule has 86 valence electrons. The fourth-order valence-corrected chi connectivity index (χ4v) is 1.75. The number of aromatic amines is 1. The van der Waals surface area contributed by atoms with Gasteiger partial charge in [-0.3, -0.25) is 0 Å². The lowest BCUT2D eigenvalue weighted by molar-refractivity contribution is 0.166. The van der Waals surface area contributed by atoms with E-state index in [4.69, 9.17) is 10.5 Å². The number of aliphatic hydroxyl groups excluding tert-OH is 1. The van der Waals surface area contributed by atoms with Gasteiger partial charge in [-0.05, 0) is 37.2 Å². The van der Waals surface area contributed by atoms with Crippen molar-refractivity contribution in [1.29, 1.82) is 0 Å². The van der Waals surface area contributed by atoms with Crippen molar-refractivity contribution in [1.82, 2.24) is 4.98 Å². The number of benzene rings is 1. The minimum Gasteiger partial charge on any atom is -0.497 e. The predicted octanol–water partition coefficient (Wildman–Crippen LogP) is 1.56. The number of aliphatic hydroxyl groups is 1. The van der Waals surface area contributed by atoms with E-state index in [1.807, 2.05) is 24.3 Å². The van der Waals surface area contributed by atoms with Gasteiger partial charge in [0, 0.05) is 16.6 Å². The van der Waals surface area contributed by atoms with Gasteiger partial charge >= 0.3 is 0 Å². The number of rotatable bonds is 4. The van der Waals surface area contributed by atoms with Crippen LogP contribution in [-0.2, 0) is 0 Å². The third-order valence-electron chi connectivity index (χ3n) is 2.65. The Morgan fingerprint density at radius 3 is 2.94 bits per heavy atom. The quantitative estimate of drug-likeness (QED) is 0.732. The van der Waals surface area contributed by atoms with Crippen molar-refractivity contribution in [3.63, 3.8) is 0 Å². The fraction of sp³-hybridized carbons (Fsp3) is 0.333. The van der Waals surface area contributed by atoms with E-state index in [9.17, 15) is 5.11 Å². The first-order valence-electron chi connectivity index (χ1n) is 5.29. The first kappa shape index (κ1) is 11.0. The number of aromatic nitrogens is 1. The Hall–Kier alpha value is -1.52. The van der Waals surface area contributed by atoms with E-state index in [1.165, 1.54) is 0 Å². The SMILES string of the molecule is COc1ccc2[nH]c(C(O)CCN)cc2c1. The summed E-state index contributed by atoms with van der Waals surface area (Å²) < 4.78 is 5.14. The molecule has 0 aliphatic heterocycles. The molecule has 1 aromatic carbocycles. The number of methoxy groups -OCH3 is 1. The largest absolute Gasteiger partial charge is 0.497 e. The molecule has 0 amide bonds. The van der Waals surface area contributed by atoms with Gasteiger partial charge in [0.1, 0.15) is 5.75 Å². The van der Waals surface area contributed by atoms with Crippen LogP contribution >= 0.6 is 0 Å². The van der Waals surface area contributed by atoms with Crippen LogP contribution in [0, 0.1) is 0 Å². The summed E-state index contributed by atoms with van der Waals surface area (Å²) in [6, 6.07) is 7.69. The highest BCUT2D eigenvalue weighted by atomic mass is 16.5. The van der Waals surface area contributed by atoms with E-state index in [0.717, 1.165) is 22.3 Å². The molecule has 1 atom stereocenters. The van der Waals surface area contributed by atoms with Crippen molar-refractivity contribution in [2.24, 2.45) is 5.73 Å². The third-order valence-corrected chi connectivity index (χ3v) is 2.65. The van der Waals surface area contributed by atoms with Gasteiger partial charge in [-0.2, -0.15) is 0 Å². The maximum atomic E-state index is 9.81. The summed E-state index contributed by atoms with van der Waals surface area (Å²) in [6.07, 6.45) is 0.0348. The summed E-state index contributed by atoms with van der Waals surface area (Å²) in [5.74, 6) is 0.811. The van der Waals surface area contributed by atoms with Crippen LogP contribution in [0.15, 0.2) is 24.3 Å². The highest BCUT2D eigenvalue weighted by Gasteiger charge is 2.10. The van der Waals surface area contributed by atoms with Crippen molar-refractivity contribution in [3.8, 4) is 5.75 Å². The molecule has 4 nitrogen and oxygen atoms in total. The van der Waals surface area contributed by atoms with Gasteiger partial charge in [-0.25, -0.2) is 0 Å². The van der Waals surface area contributed by atoms with Crippen LogP contribution in [-0.4, -0.2) is 23.7 Å². The molecule has 2 rings (SSSR count). The molecule has 0 saturated carbocycles. The zero-order valence-corrected chi connectivity index (χ0v) is 9.23. The molecule has 4 heteroatoms. The number of nitrogens with one attached hydrogen (secondary N) is 1. The molecule has 1 unspecified atom stereocenters. The monoisotopic (exact) mass is 220 g/mol. The fourth-order valence-electron chi connectivity index (χ4n) is 1.75. The van der Waals surface area contributed by atoms with E-state index in [-0.39, 0.29) is 0 Å². The summed E-state index contributed by atoms with van der Waals surface area (Å²) in [5, 5.41) is 10.8. The molecule has 16 heavy (non-hydrogen) atoms. The van der Waals surface area contributed by atoms with E-state index in [2.05, 4.69) is 4.98 Å². The maximum Gasteiger partial charge on any atom is 0.119 e. The number of nitrogens with two attached hydrogens (primary N) is 1. The Morgan fingerprint density at radius 1 is 1.44 bits per heavy atom. The second-order valence-electron chi connectivity index (χ2n) is 3.77. The molecule has 4 N–H and O–H groups in total. The standard InChI is InChI=1S/C12H16N2O2/c1-16-9-2-3-10-8(6-9)7-11(14-10)12(15)4-5-13/h2-3,6-7,12,14-15H,4-5,13H2,1H3. The van der Waals surface area contributed by atoms with Crippen LogP contribution in [0.4, 0.5) is 0 Å². The summed E-state index contributed by atoms with van der Waals surface area (Å²) in [5.41, 5.74) is 7.20. The molecule has 0 saturated heterocycles. The van der Waals surface area contributed by atoms with Crippen molar-refractivity contribution >= 4 is 10.9 Å². The summed E-state index contributed by atoms with van der Waals surface area (Å²) >= 11 is 0. The molecule has 2 aromatic rings. The van der Waals surface area contributed by atoms with Crippen LogP contribution in [0.25, 0.3) is 10.9 Å². The Bertz CT molecular complexity index is 479. The molecule has 0 radical (unpaired) electrons. The molecule has 0 fully saturated rings. The van der Waals surface area contributed by atoms with E-state index in [0.29, 0.717) is 13.0 Å². The van der Waals surface area contributed by atoms with Crippen molar-refractivity contribution < 1.29 is 9.84 Å². The van der Waals surface area contributed by atoms with Crippen LogP contribution in [0.3, 0.4) is 0 Å². The molecule has 0 spiro atoms. The molecular weight excluding hydrogens is 204 g/mol. The van der Waals surface area contributed by atoms with Crippen molar-refractivity contribution in [2.45, 2.75) is 12.5 Å². The zero-order valence-electron chi connectivity index (χ0n) is 9.23. The van der Waals surface area contributed by atoms with Crippen LogP contribution in [0.5, 0.6) is 5.75 Å². The summed E-state index contributed by atoms with van der Waals surface area (Å²) in [7, 11) is 1.64. The number of hydrogen-bond acceptors (Lipinski definition) is 3. The smallest absolute Gasteiger partial charge is 0.119 e. The van der Waals surface area contributed by atoms with Gasteiger partial charge < -0.3 is 20.6 Å². The minimum atomic E-state index is -0.525. The number of ether oxygens (including phenoxy) is 1. The predicted molar refractivity (Wildman–Crippen MR) is 63.5 cm³/mol. The zero-order chi connectivity index (χ0) is 11.5. The average Bonchev–Trinajstić information content (AvgIpc) is 2.71. The Kier molecular flexibility index (Phi) is 3.12. The first-order valence-corrected chi connectivity index (χ1v) is 5.29. The van der Waals surface area contributed by atoms with Crippen LogP contribution in [0.2, 0.25) is 0 Å². The molecule has 0 aliphatic carbocycles. The molecule has 1 heterocycles.